The summed E-state index contributed by atoms with van der Waals surface area (Å²) in [6.45, 7) is 11.5. The summed E-state index contributed by atoms with van der Waals surface area (Å²) in [5.74, 6) is 0.437. The second kappa shape index (κ2) is 16.1. The van der Waals surface area contributed by atoms with E-state index >= 15 is 0 Å². The molecule has 0 N–H and O–H groups in total. The van der Waals surface area contributed by atoms with Crippen LogP contribution < -0.4 is 5.19 Å². The molecule has 4 aromatic carbocycles. The van der Waals surface area contributed by atoms with Crippen molar-refractivity contribution in [3.63, 3.8) is 0 Å². The van der Waals surface area contributed by atoms with Crippen LogP contribution in [0.25, 0.3) is 55.8 Å². The maximum absolute atomic E-state index is 6.22. The normalized spacial score (nSPS) is 11.3. The standard InChI is InChI=1S/C25H19N2O.C21H22NSi.Ir/c1-16(2)18-13-14-26-23(15-18)21-10-6-9-19-20-11-12-22(17-7-4-3-5-8-17)27-25(20)28-24(19)21;1-23(2,3)21-16-22-20(18-12-8-5-9-13-18)15-19(21)14-17-10-6-4-7-11-17;/h3-9,11-16H,1-2H3;4-12,15-16H,14H2,1-3H3;/q2*-1;. The smallest absolute Gasteiger partial charge is 0.216 e. The van der Waals surface area contributed by atoms with Crippen LogP contribution >= 0.6 is 0 Å². The summed E-state index contributed by atoms with van der Waals surface area (Å²) in [5, 5.41) is 3.48. The molecule has 0 atom stereocenters. The van der Waals surface area contributed by atoms with E-state index in [-0.39, 0.29) is 20.1 Å². The Kier molecular flexibility index (Phi) is 11.4. The number of benzene rings is 4. The number of aromatic nitrogens is 3. The molecule has 8 rings (SSSR count). The number of furan rings is 1. The number of pyridine rings is 3. The molecule has 4 nitrogen and oxygen atoms in total. The van der Waals surface area contributed by atoms with Gasteiger partial charge in [0.05, 0.1) is 19.4 Å². The molecule has 0 unspecified atom stereocenters. The average Bonchev–Trinajstić information content (AvgIpc) is 3.54. The molecule has 0 aliphatic carbocycles. The maximum Gasteiger partial charge on any atom is 0.216 e. The van der Waals surface area contributed by atoms with E-state index in [1.165, 1.54) is 21.9 Å². The second-order valence-corrected chi connectivity index (χ2v) is 19.2. The summed E-state index contributed by atoms with van der Waals surface area (Å²) in [6, 6.07) is 50.0. The fourth-order valence-electron chi connectivity index (χ4n) is 6.36. The first-order valence-electron chi connectivity index (χ1n) is 17.5. The Morgan fingerprint density at radius 3 is 2.15 bits per heavy atom. The molecule has 0 bridgehead atoms. The van der Waals surface area contributed by atoms with E-state index in [9.17, 15) is 0 Å². The van der Waals surface area contributed by atoms with Gasteiger partial charge >= 0.3 is 0 Å². The van der Waals surface area contributed by atoms with Gasteiger partial charge in [-0.3, -0.25) is 0 Å². The van der Waals surface area contributed by atoms with Gasteiger partial charge in [0, 0.05) is 43.4 Å². The zero-order valence-electron chi connectivity index (χ0n) is 30.1. The van der Waals surface area contributed by atoms with Crippen LogP contribution in [0.2, 0.25) is 19.6 Å². The van der Waals surface area contributed by atoms with E-state index in [2.05, 4.69) is 130 Å². The van der Waals surface area contributed by atoms with E-state index in [0.29, 0.717) is 11.6 Å². The predicted molar refractivity (Wildman–Crippen MR) is 214 cm³/mol. The Balaban J connectivity index is 0.000000179. The summed E-state index contributed by atoms with van der Waals surface area (Å²) in [5.41, 5.74) is 11.2. The van der Waals surface area contributed by atoms with Crippen molar-refractivity contribution in [3.8, 4) is 33.8 Å². The summed E-state index contributed by atoms with van der Waals surface area (Å²) < 4.78 is 6.22. The van der Waals surface area contributed by atoms with Gasteiger partial charge in [0.15, 0.2) is 0 Å². The molecule has 261 valence electrons. The van der Waals surface area contributed by atoms with E-state index in [1.807, 2.05) is 60.8 Å². The van der Waals surface area contributed by atoms with Gasteiger partial charge in [-0.05, 0) is 52.7 Å². The molecule has 8 aromatic rings. The minimum absolute atomic E-state index is 0. The molecule has 0 aliphatic heterocycles. The fraction of sp³-hybridized carbons (Fsp3) is 0.152. The summed E-state index contributed by atoms with van der Waals surface area (Å²) in [7, 11) is -1.43. The first-order valence-corrected chi connectivity index (χ1v) is 21.0. The van der Waals surface area contributed by atoms with Gasteiger partial charge in [0.1, 0.15) is 0 Å². The van der Waals surface area contributed by atoms with E-state index < -0.39 is 8.07 Å². The molecule has 0 fully saturated rings. The molecule has 0 saturated carbocycles. The summed E-state index contributed by atoms with van der Waals surface area (Å²) in [6.07, 6.45) is 4.91. The van der Waals surface area contributed by atoms with Crippen molar-refractivity contribution in [1.82, 2.24) is 15.0 Å². The first-order chi connectivity index (χ1) is 24.7. The number of nitrogens with zero attached hydrogens (tertiary/aromatic N) is 3. The fourth-order valence-corrected chi connectivity index (χ4v) is 7.94. The van der Waals surface area contributed by atoms with Crippen LogP contribution in [0.15, 0.2) is 144 Å². The number of hydrogen-bond donors (Lipinski definition) is 0. The topological polar surface area (TPSA) is 51.8 Å². The molecule has 1 radical (unpaired) electrons. The molecular formula is C46H41IrN3OSi-2. The molecular weight excluding hydrogens is 831 g/mol. The Morgan fingerprint density at radius 2 is 1.44 bits per heavy atom. The van der Waals surface area contributed by atoms with Crippen LogP contribution in [0.3, 0.4) is 0 Å². The second-order valence-electron chi connectivity index (χ2n) is 14.2. The van der Waals surface area contributed by atoms with Gasteiger partial charge in [0.25, 0.3) is 0 Å². The Morgan fingerprint density at radius 1 is 0.692 bits per heavy atom. The molecule has 4 aromatic heterocycles. The molecule has 4 heterocycles. The Bertz CT molecular complexity index is 2400. The first kappa shape index (κ1) is 36.8. The van der Waals surface area contributed by atoms with Gasteiger partial charge < -0.3 is 14.4 Å². The van der Waals surface area contributed by atoms with Crippen LogP contribution in [-0.2, 0) is 26.5 Å². The van der Waals surface area contributed by atoms with Gasteiger partial charge in [-0.25, -0.2) is 4.98 Å². The van der Waals surface area contributed by atoms with E-state index in [4.69, 9.17) is 14.4 Å². The zero-order chi connectivity index (χ0) is 35.4. The third-order valence-electron chi connectivity index (χ3n) is 9.09. The van der Waals surface area contributed by atoms with Gasteiger partial charge in [0.2, 0.25) is 5.71 Å². The molecule has 6 heteroatoms. The molecule has 0 saturated heterocycles. The van der Waals surface area contributed by atoms with Crippen LogP contribution in [0.1, 0.15) is 36.5 Å². The largest absolute Gasteiger partial charge is 0.486 e. The van der Waals surface area contributed by atoms with Gasteiger partial charge in [-0.2, -0.15) is 0 Å². The van der Waals surface area contributed by atoms with E-state index in [1.54, 1.807) is 0 Å². The monoisotopic (exact) mass is 872 g/mol. The summed E-state index contributed by atoms with van der Waals surface area (Å²) >= 11 is 0. The van der Waals surface area contributed by atoms with Crippen molar-refractivity contribution >= 4 is 35.3 Å². The summed E-state index contributed by atoms with van der Waals surface area (Å²) in [4.78, 5) is 14.0. The average molecular weight is 872 g/mol. The van der Waals surface area contributed by atoms with Gasteiger partial charge in [-0.15, -0.1) is 54.1 Å². The molecule has 0 amide bonds. The number of hydrogen-bond acceptors (Lipinski definition) is 4. The SMILES string of the molecule is CC(C)c1ccnc(-c2[c-]ccc3c2oc2nc(-c4ccccc4)ccc23)c1.C[Si](C)(C)c1cnc(-c2[c-]cccc2)cc1Cc1ccccc1.[Ir]. The number of fused-ring (bicyclic) bond motifs is 3. The Labute approximate surface area is 321 Å². The van der Waals surface area contributed by atoms with Crippen molar-refractivity contribution in [3.05, 3.63) is 169 Å². The third-order valence-corrected chi connectivity index (χ3v) is 11.2. The third kappa shape index (κ3) is 8.21. The number of rotatable bonds is 7. The van der Waals surface area contributed by atoms with Crippen molar-refractivity contribution in [1.29, 1.82) is 0 Å². The molecule has 0 aliphatic rings. The van der Waals surface area contributed by atoms with Crippen LogP contribution in [0, 0.1) is 12.1 Å². The van der Waals surface area contributed by atoms with Crippen LogP contribution in [0.4, 0.5) is 0 Å². The van der Waals surface area contributed by atoms with Crippen molar-refractivity contribution in [2.45, 2.75) is 45.8 Å². The zero-order valence-corrected chi connectivity index (χ0v) is 33.5. The van der Waals surface area contributed by atoms with Crippen molar-refractivity contribution in [2.24, 2.45) is 0 Å². The van der Waals surface area contributed by atoms with Crippen molar-refractivity contribution < 1.29 is 24.5 Å². The minimum atomic E-state index is -1.43. The van der Waals surface area contributed by atoms with Gasteiger partial charge in [-0.1, -0.05) is 128 Å². The van der Waals surface area contributed by atoms with Crippen LogP contribution in [0.5, 0.6) is 0 Å². The van der Waals surface area contributed by atoms with Crippen molar-refractivity contribution in [2.75, 3.05) is 0 Å². The molecule has 0 spiro atoms. The molecule has 52 heavy (non-hydrogen) atoms. The van der Waals surface area contributed by atoms with E-state index in [0.717, 1.165) is 56.5 Å². The Hall–Kier alpha value is -5.00. The van der Waals surface area contributed by atoms with Crippen LogP contribution in [-0.4, -0.2) is 23.0 Å². The minimum Gasteiger partial charge on any atom is -0.486 e. The quantitative estimate of drug-likeness (QED) is 0.118. The predicted octanol–water partition coefficient (Wildman–Crippen LogP) is 11.3. The maximum atomic E-state index is 6.22.